The van der Waals surface area contributed by atoms with E-state index < -0.39 is 0 Å². The third-order valence-electron chi connectivity index (χ3n) is 1.28. The Balaban J connectivity index is 2.58. The Morgan fingerprint density at radius 2 is 2.62 bits per heavy atom. The number of rotatable bonds is 4. The number of nitrogens with zero attached hydrogens (tertiary/aromatic N) is 1. The topological polar surface area (TPSA) is 68.3 Å². The van der Waals surface area contributed by atoms with Crippen LogP contribution in [0.3, 0.4) is 0 Å². The number of carbonyl (C=O) groups is 2. The normalized spacial score (nSPS) is 9.31. The average molecular weight is 200 g/mol. The molecule has 70 valence electrons. The first-order valence-corrected chi connectivity index (χ1v) is 4.35. The standard InChI is InChI=1S/C7H8N2O3S/c1-12-7(11)2-6-9-5(3-13-6)8-4-10/h3-4H,2H2,1H3,(H,8,10). The number of ether oxygens (including phenoxy) is 1. The van der Waals surface area contributed by atoms with E-state index >= 15 is 0 Å². The summed E-state index contributed by atoms with van der Waals surface area (Å²) in [5.74, 6) is 0.117. The van der Waals surface area contributed by atoms with Gasteiger partial charge in [0.05, 0.1) is 13.5 Å². The van der Waals surface area contributed by atoms with Crippen molar-refractivity contribution in [3.63, 3.8) is 0 Å². The number of anilines is 1. The summed E-state index contributed by atoms with van der Waals surface area (Å²) in [6.07, 6.45) is 0.679. The monoisotopic (exact) mass is 200 g/mol. The number of carbonyl (C=O) groups excluding carboxylic acids is 2. The molecule has 1 aromatic heterocycles. The molecule has 0 fully saturated rings. The fraction of sp³-hybridized carbons (Fsp3) is 0.286. The zero-order valence-electron chi connectivity index (χ0n) is 6.94. The van der Waals surface area contributed by atoms with E-state index in [9.17, 15) is 9.59 Å². The molecular weight excluding hydrogens is 192 g/mol. The van der Waals surface area contributed by atoms with Gasteiger partial charge in [0, 0.05) is 5.38 Å². The maximum Gasteiger partial charge on any atom is 0.312 e. The van der Waals surface area contributed by atoms with Crippen molar-refractivity contribution < 1.29 is 14.3 Å². The van der Waals surface area contributed by atoms with Gasteiger partial charge >= 0.3 is 5.97 Å². The van der Waals surface area contributed by atoms with Crippen LogP contribution in [0.25, 0.3) is 0 Å². The van der Waals surface area contributed by atoms with Crippen molar-refractivity contribution >= 4 is 29.5 Å². The Bertz CT molecular complexity index is 310. The SMILES string of the molecule is COC(=O)Cc1nc(NC=O)cs1. The molecule has 0 saturated carbocycles. The maximum atomic E-state index is 10.8. The molecule has 0 aliphatic heterocycles. The Kier molecular flexibility index (Phi) is 3.39. The van der Waals surface area contributed by atoms with Crippen LogP contribution in [0, 0.1) is 0 Å². The van der Waals surface area contributed by atoms with E-state index in [0.717, 1.165) is 0 Å². The third-order valence-corrected chi connectivity index (χ3v) is 2.13. The van der Waals surface area contributed by atoms with Crippen molar-refractivity contribution in [3.05, 3.63) is 10.4 Å². The lowest BCUT2D eigenvalue weighted by Gasteiger charge is -1.93. The van der Waals surface area contributed by atoms with E-state index in [1.807, 2.05) is 0 Å². The molecule has 0 aliphatic rings. The van der Waals surface area contributed by atoms with Gasteiger partial charge in [-0.05, 0) is 0 Å². The predicted octanol–water partition coefficient (Wildman–Crippen LogP) is 0.427. The Hall–Kier alpha value is -1.43. The van der Waals surface area contributed by atoms with Gasteiger partial charge < -0.3 is 10.1 Å². The smallest absolute Gasteiger partial charge is 0.312 e. The number of hydrogen-bond acceptors (Lipinski definition) is 5. The van der Waals surface area contributed by atoms with Gasteiger partial charge in [0.15, 0.2) is 0 Å². The van der Waals surface area contributed by atoms with Crippen LogP contribution >= 0.6 is 11.3 Å². The van der Waals surface area contributed by atoms with Crippen molar-refractivity contribution in [1.82, 2.24) is 4.98 Å². The number of hydrogen-bond donors (Lipinski definition) is 1. The van der Waals surface area contributed by atoms with Crippen molar-refractivity contribution in [2.45, 2.75) is 6.42 Å². The minimum atomic E-state index is -0.341. The summed E-state index contributed by atoms with van der Waals surface area (Å²) in [7, 11) is 1.32. The molecule has 1 rings (SSSR count). The minimum absolute atomic E-state index is 0.141. The molecule has 1 heterocycles. The molecule has 0 spiro atoms. The average Bonchev–Trinajstić information content (AvgIpc) is 2.53. The van der Waals surface area contributed by atoms with Gasteiger partial charge in [-0.15, -0.1) is 11.3 Å². The lowest BCUT2D eigenvalue weighted by molar-refractivity contribution is -0.139. The predicted molar refractivity (Wildman–Crippen MR) is 47.5 cm³/mol. The van der Waals surface area contributed by atoms with Crippen molar-refractivity contribution in [2.24, 2.45) is 0 Å². The molecule has 0 saturated heterocycles. The molecule has 1 aromatic rings. The molecular formula is C7H8N2O3S. The van der Waals surface area contributed by atoms with Crippen molar-refractivity contribution in [2.75, 3.05) is 12.4 Å². The van der Waals surface area contributed by atoms with Gasteiger partial charge in [0.2, 0.25) is 6.41 Å². The van der Waals surface area contributed by atoms with Gasteiger partial charge in [-0.2, -0.15) is 0 Å². The Morgan fingerprint density at radius 3 is 3.23 bits per heavy atom. The number of thiazole rings is 1. The Morgan fingerprint density at radius 1 is 1.85 bits per heavy atom. The molecule has 0 radical (unpaired) electrons. The molecule has 5 nitrogen and oxygen atoms in total. The van der Waals surface area contributed by atoms with E-state index in [1.54, 1.807) is 5.38 Å². The van der Waals surface area contributed by atoms with E-state index in [4.69, 9.17) is 0 Å². The summed E-state index contributed by atoms with van der Waals surface area (Å²) in [5, 5.41) is 4.67. The molecule has 0 bridgehead atoms. The van der Waals surface area contributed by atoms with E-state index in [1.165, 1.54) is 18.4 Å². The summed E-state index contributed by atoms with van der Waals surface area (Å²) in [6, 6.07) is 0. The van der Waals surface area contributed by atoms with Crippen LogP contribution in [0.4, 0.5) is 5.82 Å². The van der Waals surface area contributed by atoms with E-state index in [2.05, 4.69) is 15.0 Å². The second kappa shape index (κ2) is 4.56. The van der Waals surface area contributed by atoms with Crippen LogP contribution in [0.5, 0.6) is 0 Å². The highest BCUT2D eigenvalue weighted by atomic mass is 32.1. The molecule has 1 N–H and O–H groups in total. The maximum absolute atomic E-state index is 10.8. The van der Waals surface area contributed by atoms with Gasteiger partial charge in [0.25, 0.3) is 0 Å². The first kappa shape index (κ1) is 9.66. The minimum Gasteiger partial charge on any atom is -0.469 e. The lowest BCUT2D eigenvalue weighted by atomic mass is 10.5. The van der Waals surface area contributed by atoms with Crippen LogP contribution < -0.4 is 5.32 Å². The highest BCUT2D eigenvalue weighted by Crippen LogP contribution is 2.14. The molecule has 0 unspecified atom stereocenters. The van der Waals surface area contributed by atoms with Crippen LogP contribution in [-0.2, 0) is 20.7 Å². The number of esters is 1. The van der Waals surface area contributed by atoms with Crippen LogP contribution in [-0.4, -0.2) is 24.5 Å². The highest BCUT2D eigenvalue weighted by molar-refractivity contribution is 7.10. The molecule has 6 heteroatoms. The largest absolute Gasteiger partial charge is 0.469 e. The summed E-state index contributed by atoms with van der Waals surface area (Å²) < 4.78 is 4.46. The van der Waals surface area contributed by atoms with Crippen LogP contribution in [0.2, 0.25) is 0 Å². The number of amides is 1. The summed E-state index contributed by atoms with van der Waals surface area (Å²) in [5.41, 5.74) is 0. The molecule has 0 aromatic carbocycles. The molecule has 0 atom stereocenters. The van der Waals surface area contributed by atoms with E-state index in [0.29, 0.717) is 17.2 Å². The first-order chi connectivity index (χ1) is 6.26. The number of nitrogens with one attached hydrogen (secondary N) is 1. The van der Waals surface area contributed by atoms with Crippen LogP contribution in [0.15, 0.2) is 5.38 Å². The Labute approximate surface area is 78.7 Å². The molecule has 0 aliphatic carbocycles. The van der Waals surface area contributed by atoms with Crippen molar-refractivity contribution in [1.29, 1.82) is 0 Å². The summed E-state index contributed by atoms with van der Waals surface area (Å²) in [6.45, 7) is 0. The fourth-order valence-electron chi connectivity index (χ4n) is 0.714. The fourth-order valence-corrected chi connectivity index (χ4v) is 1.44. The highest BCUT2D eigenvalue weighted by Gasteiger charge is 2.06. The van der Waals surface area contributed by atoms with Gasteiger partial charge in [-0.3, -0.25) is 9.59 Å². The lowest BCUT2D eigenvalue weighted by Crippen LogP contribution is -2.04. The zero-order chi connectivity index (χ0) is 9.68. The van der Waals surface area contributed by atoms with Gasteiger partial charge in [-0.25, -0.2) is 4.98 Å². The molecule has 13 heavy (non-hydrogen) atoms. The van der Waals surface area contributed by atoms with Gasteiger partial charge in [0.1, 0.15) is 10.8 Å². The van der Waals surface area contributed by atoms with E-state index in [-0.39, 0.29) is 12.4 Å². The van der Waals surface area contributed by atoms with Crippen LogP contribution in [0.1, 0.15) is 5.01 Å². The second-order valence-corrected chi connectivity index (χ2v) is 3.08. The first-order valence-electron chi connectivity index (χ1n) is 3.47. The van der Waals surface area contributed by atoms with Gasteiger partial charge in [-0.1, -0.05) is 0 Å². The summed E-state index contributed by atoms with van der Waals surface area (Å²) in [4.78, 5) is 24.8. The van der Waals surface area contributed by atoms with Crippen molar-refractivity contribution in [3.8, 4) is 0 Å². The third kappa shape index (κ3) is 2.83. The number of aromatic nitrogens is 1. The summed E-state index contributed by atoms with van der Waals surface area (Å²) >= 11 is 1.30. The quantitative estimate of drug-likeness (QED) is 0.565. The zero-order valence-corrected chi connectivity index (χ0v) is 7.76. The molecule has 1 amide bonds. The second-order valence-electron chi connectivity index (χ2n) is 2.14. The number of methoxy groups -OCH3 is 1.